The molecule has 0 bridgehead atoms. The van der Waals surface area contributed by atoms with Gasteiger partial charge in [0.05, 0.1) is 84.4 Å². The normalized spacial score (nSPS) is 12.0. The first-order chi connectivity index (χ1) is 39.2. The van der Waals surface area contributed by atoms with Crippen LogP contribution in [0.15, 0.2) is 247 Å². The summed E-state index contributed by atoms with van der Waals surface area (Å²) in [4.78, 5) is 4.80. The Morgan fingerprint density at radius 1 is 0.354 bits per heavy atom. The number of fused-ring (bicyclic) bond motifs is 17. The molecule has 0 aliphatic rings. The van der Waals surface area contributed by atoms with Crippen LogP contribution in [-0.2, 0) is 0 Å². The lowest BCUT2D eigenvalue weighted by Gasteiger charge is -2.27. The van der Waals surface area contributed by atoms with E-state index in [9.17, 15) is 11.8 Å². The first-order valence-corrected chi connectivity index (χ1v) is 26.5. The molecule has 0 saturated carbocycles. The topological polar surface area (TPSA) is 61.0 Å². The Balaban J connectivity index is 1.19. The van der Waals surface area contributed by atoms with E-state index >= 15 is 0 Å². The van der Waals surface area contributed by atoms with Gasteiger partial charge in [-0.05, 0) is 88.6 Å². The second-order valence-electron chi connectivity index (χ2n) is 20.5. The van der Waals surface area contributed by atoms with Gasteiger partial charge in [-0.25, -0.2) is 4.85 Å². The van der Waals surface area contributed by atoms with Crippen LogP contribution < -0.4 is 0 Å². The monoisotopic (exact) mass is 1000 g/mol. The van der Waals surface area contributed by atoms with E-state index in [-0.39, 0.29) is 0 Å². The highest BCUT2D eigenvalue weighted by Gasteiger charge is 2.35. The standard InChI is InChI=1S/C72H40N6O/c1-74-67-69(75-57-30-11-4-22-47(57)48-23-5-12-31-58(48)75)56(42-73)70(76-59-32-13-6-24-49(59)50-25-7-14-33-60(50)76)72(71(67)77-61-34-15-8-26-51(61)52-27-9-16-35-62(52)77)78-63-39-37-44(46-29-18-20-43-19-2-3-21-45(43)46)41-55(63)53-38-40-65-66(68(53)78)54-28-10-17-36-64(54)79-65/h2-41H. The Bertz CT molecular complexity index is 5290. The maximum atomic E-state index is 12.6. The fourth-order valence-corrected chi connectivity index (χ4v) is 13.4. The quantitative estimate of drug-likeness (QED) is 0.161. The number of hydrogen-bond acceptors (Lipinski definition) is 2. The number of aromatic nitrogens is 4. The van der Waals surface area contributed by atoms with E-state index in [2.05, 4.69) is 243 Å². The Hall–Kier alpha value is -11.1. The summed E-state index contributed by atoms with van der Waals surface area (Å²) in [6, 6.07) is 88.0. The van der Waals surface area contributed by atoms with Crippen molar-refractivity contribution >= 4 is 126 Å². The van der Waals surface area contributed by atoms with Gasteiger partial charge >= 0.3 is 0 Å². The van der Waals surface area contributed by atoms with Crippen molar-refractivity contribution in [3.05, 3.63) is 260 Å². The molecule has 0 aliphatic heterocycles. The summed E-state index contributed by atoms with van der Waals surface area (Å²) < 4.78 is 16.0. The molecule has 17 aromatic rings. The summed E-state index contributed by atoms with van der Waals surface area (Å²) in [5.41, 5.74) is 14.2. The third-order valence-corrected chi connectivity index (χ3v) is 16.6. The summed E-state index contributed by atoms with van der Waals surface area (Å²) in [6.07, 6.45) is 0. The predicted molar refractivity (Wildman–Crippen MR) is 325 cm³/mol. The molecule has 0 N–H and O–H groups in total. The Labute approximate surface area is 450 Å². The van der Waals surface area contributed by atoms with Crippen LogP contribution in [0.5, 0.6) is 0 Å². The molecule has 0 radical (unpaired) electrons. The minimum Gasteiger partial charge on any atom is -0.456 e. The molecule has 5 aromatic heterocycles. The number of furan rings is 1. The lowest BCUT2D eigenvalue weighted by Crippen LogP contribution is -2.14. The van der Waals surface area contributed by atoms with E-state index in [0.717, 1.165) is 120 Å². The van der Waals surface area contributed by atoms with Crippen molar-refractivity contribution in [3.8, 4) is 39.9 Å². The lowest BCUT2D eigenvalue weighted by molar-refractivity contribution is 0.669. The molecule has 12 aromatic carbocycles. The molecule has 7 heteroatoms. The van der Waals surface area contributed by atoms with E-state index in [4.69, 9.17) is 9.26 Å². The van der Waals surface area contributed by atoms with Gasteiger partial charge in [-0.2, -0.15) is 5.26 Å². The highest BCUT2D eigenvalue weighted by atomic mass is 16.3. The molecule has 0 fully saturated rings. The van der Waals surface area contributed by atoms with Gasteiger partial charge < -0.3 is 22.7 Å². The minimum atomic E-state index is 0.334. The van der Waals surface area contributed by atoms with E-state index in [1.165, 1.54) is 10.8 Å². The highest BCUT2D eigenvalue weighted by Crippen LogP contribution is 2.53. The van der Waals surface area contributed by atoms with E-state index < -0.39 is 0 Å². The van der Waals surface area contributed by atoms with E-state index in [1.54, 1.807) is 0 Å². The number of hydrogen-bond donors (Lipinski definition) is 0. The van der Waals surface area contributed by atoms with Crippen LogP contribution in [-0.4, -0.2) is 18.3 Å². The fourth-order valence-electron chi connectivity index (χ4n) is 13.4. The van der Waals surface area contributed by atoms with E-state index in [1.807, 2.05) is 24.3 Å². The van der Waals surface area contributed by atoms with Gasteiger partial charge in [0.2, 0.25) is 5.69 Å². The zero-order valence-electron chi connectivity index (χ0n) is 42.2. The van der Waals surface area contributed by atoms with Crippen LogP contribution in [0.3, 0.4) is 0 Å². The molecule has 0 amide bonds. The second-order valence-corrected chi connectivity index (χ2v) is 20.5. The van der Waals surface area contributed by atoms with Crippen LogP contribution in [0, 0.1) is 17.9 Å². The molecule has 364 valence electrons. The van der Waals surface area contributed by atoms with Crippen LogP contribution in [0.1, 0.15) is 5.56 Å². The van der Waals surface area contributed by atoms with Crippen molar-refractivity contribution in [2.45, 2.75) is 0 Å². The molecule has 5 heterocycles. The number of nitrogens with zero attached hydrogens (tertiary/aromatic N) is 6. The van der Waals surface area contributed by atoms with Gasteiger partial charge in [0.15, 0.2) is 0 Å². The number of benzene rings is 12. The predicted octanol–water partition coefficient (Wildman–Crippen LogP) is 19.2. The van der Waals surface area contributed by atoms with Crippen molar-refractivity contribution in [2.75, 3.05) is 0 Å². The molecule has 0 atom stereocenters. The first kappa shape index (κ1) is 43.2. The molecule has 0 unspecified atom stereocenters. The molecule has 17 rings (SSSR count). The summed E-state index contributed by atoms with van der Waals surface area (Å²) in [6.45, 7) is 9.85. The van der Waals surface area contributed by atoms with Crippen LogP contribution >= 0.6 is 0 Å². The van der Waals surface area contributed by atoms with Crippen molar-refractivity contribution < 1.29 is 4.42 Å². The number of para-hydroxylation sites is 7. The van der Waals surface area contributed by atoms with Gasteiger partial charge in [-0.1, -0.05) is 176 Å². The van der Waals surface area contributed by atoms with Gasteiger partial charge in [0, 0.05) is 48.5 Å². The summed E-state index contributed by atoms with van der Waals surface area (Å²) >= 11 is 0. The fraction of sp³-hybridized carbons (Fsp3) is 0. The second kappa shape index (κ2) is 16.2. The molecule has 0 aliphatic carbocycles. The smallest absolute Gasteiger partial charge is 0.237 e. The average Bonchev–Trinajstić information content (AvgIpc) is 3.11. The molecular weight excluding hydrogens is 965 g/mol. The number of nitriles is 1. The van der Waals surface area contributed by atoms with Crippen molar-refractivity contribution in [2.24, 2.45) is 0 Å². The zero-order chi connectivity index (χ0) is 52.0. The van der Waals surface area contributed by atoms with Gasteiger partial charge in [-0.3, -0.25) is 0 Å². The summed E-state index contributed by atoms with van der Waals surface area (Å²) in [5, 5.41) is 25.1. The molecule has 0 saturated heterocycles. The van der Waals surface area contributed by atoms with Gasteiger partial charge in [-0.15, -0.1) is 0 Å². The Morgan fingerprint density at radius 3 is 1.35 bits per heavy atom. The number of rotatable bonds is 5. The Kier molecular flexibility index (Phi) is 8.85. The molecule has 79 heavy (non-hydrogen) atoms. The van der Waals surface area contributed by atoms with Crippen LogP contribution in [0.4, 0.5) is 5.69 Å². The molecule has 7 nitrogen and oxygen atoms in total. The molecule has 0 spiro atoms. The highest BCUT2D eigenvalue weighted by molar-refractivity contribution is 6.26. The largest absolute Gasteiger partial charge is 0.456 e. The third-order valence-electron chi connectivity index (χ3n) is 16.6. The van der Waals surface area contributed by atoms with Crippen LogP contribution in [0.25, 0.3) is 159 Å². The van der Waals surface area contributed by atoms with E-state index in [0.29, 0.717) is 34.0 Å². The summed E-state index contributed by atoms with van der Waals surface area (Å²) in [5.74, 6) is 0. The maximum absolute atomic E-state index is 12.6. The van der Waals surface area contributed by atoms with Crippen molar-refractivity contribution in [3.63, 3.8) is 0 Å². The Morgan fingerprint density at radius 2 is 0.810 bits per heavy atom. The zero-order valence-corrected chi connectivity index (χ0v) is 42.2. The van der Waals surface area contributed by atoms with Crippen molar-refractivity contribution in [1.82, 2.24) is 18.3 Å². The lowest BCUT2D eigenvalue weighted by atomic mass is 9.97. The van der Waals surface area contributed by atoms with Crippen molar-refractivity contribution in [1.29, 1.82) is 5.26 Å². The van der Waals surface area contributed by atoms with Gasteiger partial charge in [0.1, 0.15) is 17.2 Å². The average molecular weight is 1010 g/mol. The minimum absolute atomic E-state index is 0.334. The molecular formula is C72H40N6O. The maximum Gasteiger partial charge on any atom is 0.237 e. The third kappa shape index (κ3) is 5.77. The van der Waals surface area contributed by atoms with Gasteiger partial charge in [0.25, 0.3) is 0 Å². The van der Waals surface area contributed by atoms with Crippen LogP contribution in [0.2, 0.25) is 0 Å². The summed E-state index contributed by atoms with van der Waals surface area (Å²) in [7, 11) is 0. The first-order valence-electron chi connectivity index (χ1n) is 26.5. The SMILES string of the molecule is [C-]#[N+]c1c(-n2c3ccccc3c3ccccc32)c(C#N)c(-n2c3ccccc3c3ccccc32)c(-n2c3ccc(-c4cccc5ccccc45)cc3c3ccc4oc5ccccc5c4c32)c1-n1c2ccccc2c2ccccc21.